The molecule has 4 aromatic rings. The second-order valence-corrected chi connectivity index (χ2v) is 9.27. The number of rotatable bonds is 8. The van der Waals surface area contributed by atoms with Crippen LogP contribution in [0.15, 0.2) is 72.8 Å². The van der Waals surface area contributed by atoms with Crippen LogP contribution in [0.4, 0.5) is 0 Å². The zero-order valence-electron chi connectivity index (χ0n) is 17.5. The maximum Gasteiger partial charge on any atom is 0.173 e. The molecule has 0 atom stereocenters. The molecule has 0 saturated carbocycles. The molecule has 0 fully saturated rings. The highest BCUT2D eigenvalue weighted by atomic mass is 31.1. The third-order valence-electron chi connectivity index (χ3n) is 5.26. The fraction of sp³-hybridized carbons (Fsp3) is 0.200. The van der Waals surface area contributed by atoms with Gasteiger partial charge in [-0.1, -0.05) is 60.7 Å². The molecule has 0 aliphatic carbocycles. The number of benzene rings is 3. The number of hydrogen-bond acceptors (Lipinski definition) is 3. The van der Waals surface area contributed by atoms with Crippen molar-refractivity contribution in [2.24, 2.45) is 0 Å². The number of H-pyrrole nitrogens is 1. The van der Waals surface area contributed by atoms with E-state index in [1.165, 1.54) is 10.6 Å². The Morgan fingerprint density at radius 2 is 1.30 bits per heavy atom. The standard InChI is InChI=1S/C25H26NO3P/c1-27-22-15-14-20-23(25(22)29-3)24(28-2)21(26-20)16-17-30(18-10-6-4-7-11-18)19-12-8-5-9-13-19/h4-15,26H,16-17H2,1-3H3. The first-order valence-electron chi connectivity index (χ1n) is 9.94. The fourth-order valence-electron chi connectivity index (χ4n) is 3.87. The van der Waals surface area contributed by atoms with E-state index in [-0.39, 0.29) is 0 Å². The number of methoxy groups -OCH3 is 3. The van der Waals surface area contributed by atoms with Gasteiger partial charge in [0.25, 0.3) is 0 Å². The lowest BCUT2D eigenvalue weighted by Gasteiger charge is -2.18. The van der Waals surface area contributed by atoms with Gasteiger partial charge in [0, 0.05) is 0 Å². The van der Waals surface area contributed by atoms with Gasteiger partial charge in [-0.3, -0.25) is 0 Å². The Morgan fingerprint density at radius 1 is 0.700 bits per heavy atom. The predicted octanol–water partition coefficient (Wildman–Crippen LogP) is 4.87. The summed E-state index contributed by atoms with van der Waals surface area (Å²) in [5.41, 5.74) is 2.07. The molecule has 0 saturated heterocycles. The topological polar surface area (TPSA) is 43.5 Å². The highest BCUT2D eigenvalue weighted by Gasteiger charge is 2.21. The van der Waals surface area contributed by atoms with E-state index in [4.69, 9.17) is 14.2 Å². The number of aromatic amines is 1. The van der Waals surface area contributed by atoms with Crippen molar-refractivity contribution >= 4 is 29.4 Å². The van der Waals surface area contributed by atoms with Gasteiger partial charge in [0.05, 0.1) is 37.9 Å². The van der Waals surface area contributed by atoms with Crippen LogP contribution in [0.25, 0.3) is 10.9 Å². The highest BCUT2D eigenvalue weighted by molar-refractivity contribution is 7.73. The van der Waals surface area contributed by atoms with Gasteiger partial charge in [-0.15, -0.1) is 0 Å². The molecule has 30 heavy (non-hydrogen) atoms. The zero-order chi connectivity index (χ0) is 20.9. The number of ether oxygens (including phenoxy) is 3. The van der Waals surface area contributed by atoms with Crippen molar-refractivity contribution in [3.63, 3.8) is 0 Å². The van der Waals surface area contributed by atoms with Crippen LogP contribution in [-0.4, -0.2) is 32.5 Å². The summed E-state index contributed by atoms with van der Waals surface area (Å²) in [6, 6.07) is 25.5. The van der Waals surface area contributed by atoms with Gasteiger partial charge in [-0.2, -0.15) is 0 Å². The molecule has 0 bridgehead atoms. The van der Waals surface area contributed by atoms with Crippen molar-refractivity contribution < 1.29 is 14.2 Å². The summed E-state index contributed by atoms with van der Waals surface area (Å²) in [4.78, 5) is 3.55. The summed E-state index contributed by atoms with van der Waals surface area (Å²) < 4.78 is 16.9. The Hall–Kier alpha value is -2.97. The Balaban J connectivity index is 1.71. The number of nitrogens with one attached hydrogen (secondary N) is 1. The number of fused-ring (bicyclic) bond motifs is 1. The quantitative estimate of drug-likeness (QED) is 0.415. The lowest BCUT2D eigenvalue weighted by Crippen LogP contribution is -2.15. The summed E-state index contributed by atoms with van der Waals surface area (Å²) in [6.07, 6.45) is 1.89. The van der Waals surface area contributed by atoms with Gasteiger partial charge in [-0.05, 0) is 43.2 Å². The monoisotopic (exact) mass is 419 g/mol. The van der Waals surface area contributed by atoms with Crippen LogP contribution in [0, 0.1) is 0 Å². The van der Waals surface area contributed by atoms with Gasteiger partial charge >= 0.3 is 0 Å². The second-order valence-electron chi connectivity index (χ2n) is 6.93. The average molecular weight is 419 g/mol. The molecule has 0 radical (unpaired) electrons. The summed E-state index contributed by atoms with van der Waals surface area (Å²) in [5.74, 6) is 2.23. The van der Waals surface area contributed by atoms with Crippen molar-refractivity contribution in [2.45, 2.75) is 6.42 Å². The molecule has 1 heterocycles. The van der Waals surface area contributed by atoms with E-state index >= 15 is 0 Å². The molecule has 1 N–H and O–H groups in total. The van der Waals surface area contributed by atoms with Crippen molar-refractivity contribution in [2.75, 3.05) is 27.5 Å². The first kappa shape index (κ1) is 20.3. The van der Waals surface area contributed by atoms with Crippen LogP contribution in [-0.2, 0) is 6.42 Å². The van der Waals surface area contributed by atoms with Crippen LogP contribution in [0.2, 0.25) is 0 Å². The lowest BCUT2D eigenvalue weighted by molar-refractivity contribution is 0.356. The molecule has 0 amide bonds. The molecule has 5 heteroatoms. The summed E-state index contributed by atoms with van der Waals surface area (Å²) >= 11 is 0. The Bertz CT molecular complexity index is 1070. The first-order chi connectivity index (χ1) is 14.8. The van der Waals surface area contributed by atoms with E-state index in [2.05, 4.69) is 65.6 Å². The smallest absolute Gasteiger partial charge is 0.173 e. The fourth-order valence-corrected chi connectivity index (χ4v) is 6.20. The van der Waals surface area contributed by atoms with Crippen molar-refractivity contribution in [3.8, 4) is 17.2 Å². The molecule has 4 nitrogen and oxygen atoms in total. The maximum absolute atomic E-state index is 5.82. The first-order valence-corrected chi connectivity index (χ1v) is 11.5. The molecule has 154 valence electrons. The predicted molar refractivity (Wildman–Crippen MR) is 126 cm³/mol. The minimum absolute atomic E-state index is 0.473. The van der Waals surface area contributed by atoms with Crippen molar-refractivity contribution in [3.05, 3.63) is 78.5 Å². The van der Waals surface area contributed by atoms with Gasteiger partial charge < -0.3 is 19.2 Å². The molecule has 1 aromatic heterocycles. The Labute approximate surface area is 178 Å². The van der Waals surface area contributed by atoms with Crippen LogP contribution >= 0.6 is 7.92 Å². The number of aryl methyl sites for hydroxylation is 1. The van der Waals surface area contributed by atoms with Gasteiger partial charge in [0.15, 0.2) is 17.2 Å². The molecule has 3 aromatic carbocycles. The van der Waals surface area contributed by atoms with Gasteiger partial charge in [-0.25, -0.2) is 0 Å². The van der Waals surface area contributed by atoms with E-state index in [9.17, 15) is 0 Å². The minimum Gasteiger partial charge on any atom is -0.494 e. The van der Waals surface area contributed by atoms with E-state index < -0.39 is 7.92 Å². The van der Waals surface area contributed by atoms with Crippen molar-refractivity contribution in [1.29, 1.82) is 0 Å². The van der Waals surface area contributed by atoms with Gasteiger partial charge in [0.2, 0.25) is 0 Å². The molecule has 0 unspecified atom stereocenters. The molecular weight excluding hydrogens is 393 g/mol. The van der Waals surface area contributed by atoms with E-state index in [0.29, 0.717) is 11.5 Å². The molecular formula is C25H26NO3P. The maximum atomic E-state index is 5.82. The highest BCUT2D eigenvalue weighted by Crippen LogP contribution is 2.44. The van der Waals surface area contributed by atoms with E-state index in [1.54, 1.807) is 21.3 Å². The van der Waals surface area contributed by atoms with E-state index in [1.807, 2.05) is 12.1 Å². The lowest BCUT2D eigenvalue weighted by atomic mass is 10.2. The third kappa shape index (κ3) is 3.88. The van der Waals surface area contributed by atoms with E-state index in [0.717, 1.165) is 34.9 Å². The summed E-state index contributed by atoms with van der Waals surface area (Å²) in [5, 5.41) is 3.69. The van der Waals surface area contributed by atoms with Crippen LogP contribution in [0.3, 0.4) is 0 Å². The molecule has 0 aliphatic rings. The zero-order valence-corrected chi connectivity index (χ0v) is 18.4. The summed E-state index contributed by atoms with van der Waals surface area (Å²) in [6.45, 7) is 0. The average Bonchev–Trinajstić information content (AvgIpc) is 3.17. The largest absolute Gasteiger partial charge is 0.494 e. The third-order valence-corrected chi connectivity index (χ3v) is 7.77. The molecule has 0 aliphatic heterocycles. The Kier molecular flexibility index (Phi) is 6.25. The number of hydrogen-bond donors (Lipinski definition) is 1. The second kappa shape index (κ2) is 9.23. The minimum atomic E-state index is -0.473. The molecule has 4 rings (SSSR count). The normalized spacial score (nSPS) is 11.1. The van der Waals surface area contributed by atoms with Crippen LogP contribution in [0.1, 0.15) is 5.69 Å². The SMILES string of the molecule is COc1ccc2[nH]c(CCP(c3ccccc3)c3ccccc3)c(OC)c2c1OC. The van der Waals surface area contributed by atoms with Crippen LogP contribution < -0.4 is 24.8 Å². The van der Waals surface area contributed by atoms with Crippen molar-refractivity contribution in [1.82, 2.24) is 4.98 Å². The van der Waals surface area contributed by atoms with Gasteiger partial charge in [0.1, 0.15) is 0 Å². The Morgan fingerprint density at radius 3 is 1.83 bits per heavy atom. The molecule has 0 spiro atoms. The summed E-state index contributed by atoms with van der Waals surface area (Å²) in [7, 11) is 4.55. The number of aromatic nitrogens is 1. The van der Waals surface area contributed by atoms with Crippen LogP contribution in [0.5, 0.6) is 17.2 Å².